The molecule has 0 bridgehead atoms. The highest BCUT2D eigenvalue weighted by Crippen LogP contribution is 2.32. The van der Waals surface area contributed by atoms with Crippen LogP contribution in [-0.4, -0.2) is 12.5 Å². The number of nitriles is 1. The summed E-state index contributed by atoms with van der Waals surface area (Å²) in [5.41, 5.74) is 1.35. The molecule has 0 heterocycles. The van der Waals surface area contributed by atoms with Crippen molar-refractivity contribution in [1.29, 1.82) is 5.26 Å². The first-order valence-corrected chi connectivity index (χ1v) is 10.7. The predicted molar refractivity (Wildman–Crippen MR) is 127 cm³/mol. The molecule has 0 aromatic heterocycles. The summed E-state index contributed by atoms with van der Waals surface area (Å²) < 4.78 is 50.3. The molecule has 0 aliphatic rings. The molecule has 0 fully saturated rings. The van der Waals surface area contributed by atoms with Gasteiger partial charge < -0.3 is 14.8 Å². The fourth-order valence-electron chi connectivity index (χ4n) is 3.25. The number of amides is 1. The van der Waals surface area contributed by atoms with E-state index in [1.54, 1.807) is 24.3 Å². The van der Waals surface area contributed by atoms with Crippen molar-refractivity contribution in [2.24, 2.45) is 0 Å². The summed E-state index contributed by atoms with van der Waals surface area (Å²) in [5, 5.41) is 11.8. The molecule has 1 amide bonds. The molecule has 0 aliphatic heterocycles. The maximum atomic E-state index is 12.9. The van der Waals surface area contributed by atoms with Gasteiger partial charge >= 0.3 is 6.18 Å². The van der Waals surface area contributed by atoms with Crippen molar-refractivity contribution >= 4 is 17.7 Å². The van der Waals surface area contributed by atoms with Gasteiger partial charge in [0.1, 0.15) is 18.2 Å². The lowest BCUT2D eigenvalue weighted by Crippen LogP contribution is -2.14. The quantitative estimate of drug-likeness (QED) is 0.294. The lowest BCUT2D eigenvalue weighted by atomic mass is 10.1. The second-order valence-corrected chi connectivity index (χ2v) is 7.62. The van der Waals surface area contributed by atoms with Crippen LogP contribution in [0.1, 0.15) is 29.2 Å². The Balaban J connectivity index is 1.79. The molecule has 0 aliphatic carbocycles. The van der Waals surface area contributed by atoms with Gasteiger partial charge in [-0.15, -0.1) is 0 Å². The van der Waals surface area contributed by atoms with E-state index >= 15 is 0 Å². The third-order valence-electron chi connectivity index (χ3n) is 4.87. The summed E-state index contributed by atoms with van der Waals surface area (Å²) in [5.74, 6) is 0.103. The number of hydrogen-bond donors (Lipinski definition) is 1. The Morgan fingerprint density at radius 3 is 2.49 bits per heavy atom. The maximum absolute atomic E-state index is 12.9. The molecule has 35 heavy (non-hydrogen) atoms. The molecule has 3 rings (SSSR count). The van der Waals surface area contributed by atoms with Crippen molar-refractivity contribution < 1.29 is 27.4 Å². The molecule has 0 spiro atoms. The van der Waals surface area contributed by atoms with Crippen LogP contribution in [0, 0.1) is 18.3 Å². The number of halogens is 3. The second-order valence-electron chi connectivity index (χ2n) is 7.62. The van der Waals surface area contributed by atoms with Gasteiger partial charge in [0.25, 0.3) is 5.91 Å². The van der Waals surface area contributed by atoms with Crippen LogP contribution in [0.2, 0.25) is 0 Å². The molecule has 0 unspecified atom stereocenters. The summed E-state index contributed by atoms with van der Waals surface area (Å²) >= 11 is 0. The first-order valence-electron chi connectivity index (χ1n) is 10.7. The zero-order valence-corrected chi connectivity index (χ0v) is 19.1. The molecule has 0 saturated carbocycles. The van der Waals surface area contributed by atoms with Crippen LogP contribution in [-0.2, 0) is 17.6 Å². The molecule has 1 N–H and O–H groups in total. The first kappa shape index (κ1) is 25.4. The average Bonchev–Trinajstić information content (AvgIpc) is 2.82. The number of ether oxygens (including phenoxy) is 2. The standard InChI is InChI=1S/C27H23F3N2O3/c1-3-34-25-14-19(10-11-24(25)35-17-20-7-4-6-18(2)12-20)13-21(16-31)26(33)32-23-9-5-8-22(15-23)27(28,29)30/h4-15H,3,17H2,1-2H3,(H,32,33)/b21-13+. The van der Waals surface area contributed by atoms with Gasteiger partial charge in [-0.3, -0.25) is 4.79 Å². The average molecular weight is 480 g/mol. The maximum Gasteiger partial charge on any atom is 0.416 e. The van der Waals surface area contributed by atoms with E-state index in [2.05, 4.69) is 5.32 Å². The largest absolute Gasteiger partial charge is 0.490 e. The van der Waals surface area contributed by atoms with E-state index in [0.717, 1.165) is 23.3 Å². The van der Waals surface area contributed by atoms with Crippen LogP contribution < -0.4 is 14.8 Å². The highest BCUT2D eigenvalue weighted by molar-refractivity contribution is 6.09. The molecular formula is C27H23F3N2O3. The molecule has 3 aromatic rings. The Bertz CT molecular complexity index is 1280. The van der Waals surface area contributed by atoms with E-state index in [9.17, 15) is 23.2 Å². The van der Waals surface area contributed by atoms with Crippen LogP contribution in [0.4, 0.5) is 18.9 Å². The van der Waals surface area contributed by atoms with Gasteiger partial charge in [0.05, 0.1) is 12.2 Å². The van der Waals surface area contributed by atoms with E-state index in [1.165, 1.54) is 18.2 Å². The summed E-state index contributed by atoms with van der Waals surface area (Å²) in [6.45, 7) is 4.51. The van der Waals surface area contributed by atoms with E-state index in [4.69, 9.17) is 9.47 Å². The van der Waals surface area contributed by atoms with Crippen LogP contribution in [0.25, 0.3) is 6.08 Å². The van der Waals surface area contributed by atoms with Crippen molar-refractivity contribution in [3.05, 3.63) is 94.6 Å². The Hall–Kier alpha value is -4.25. The smallest absolute Gasteiger partial charge is 0.416 e. The molecule has 5 nitrogen and oxygen atoms in total. The van der Waals surface area contributed by atoms with Gasteiger partial charge in [0.15, 0.2) is 11.5 Å². The van der Waals surface area contributed by atoms with E-state index in [0.29, 0.717) is 30.3 Å². The zero-order valence-electron chi connectivity index (χ0n) is 19.1. The first-order chi connectivity index (χ1) is 16.7. The van der Waals surface area contributed by atoms with E-state index in [-0.39, 0.29) is 11.3 Å². The van der Waals surface area contributed by atoms with Crippen LogP contribution in [0.15, 0.2) is 72.3 Å². The number of carbonyl (C=O) groups is 1. The minimum atomic E-state index is -4.55. The minimum absolute atomic E-state index is 0.0686. The molecule has 180 valence electrons. The van der Waals surface area contributed by atoms with Gasteiger partial charge in [0, 0.05) is 5.69 Å². The highest BCUT2D eigenvalue weighted by atomic mass is 19.4. The van der Waals surface area contributed by atoms with Gasteiger partial charge in [-0.2, -0.15) is 18.4 Å². The Morgan fingerprint density at radius 2 is 1.80 bits per heavy atom. The summed E-state index contributed by atoms with van der Waals surface area (Å²) in [6, 6.07) is 18.8. The van der Waals surface area contributed by atoms with Crippen molar-refractivity contribution in [3.63, 3.8) is 0 Å². The fraction of sp³-hybridized carbons (Fsp3) is 0.185. The van der Waals surface area contributed by atoms with Crippen molar-refractivity contribution in [2.75, 3.05) is 11.9 Å². The molecule has 8 heteroatoms. The summed E-state index contributed by atoms with van der Waals surface area (Å²) in [6.07, 6.45) is -3.22. The topological polar surface area (TPSA) is 71.3 Å². The fourth-order valence-corrected chi connectivity index (χ4v) is 3.25. The molecule has 0 atom stereocenters. The van der Waals surface area contributed by atoms with Gasteiger partial charge in [0.2, 0.25) is 0 Å². The van der Waals surface area contributed by atoms with Crippen LogP contribution in [0.3, 0.4) is 0 Å². The lowest BCUT2D eigenvalue weighted by Gasteiger charge is -2.13. The van der Waals surface area contributed by atoms with Crippen molar-refractivity contribution in [1.82, 2.24) is 0 Å². The van der Waals surface area contributed by atoms with E-state index < -0.39 is 17.6 Å². The number of aryl methyl sites for hydroxylation is 1. The Labute approximate surface area is 201 Å². The number of benzene rings is 3. The minimum Gasteiger partial charge on any atom is -0.490 e. The number of nitrogens with one attached hydrogen (secondary N) is 1. The van der Waals surface area contributed by atoms with Crippen LogP contribution in [0.5, 0.6) is 11.5 Å². The van der Waals surface area contributed by atoms with Gasteiger partial charge in [-0.25, -0.2) is 0 Å². The number of alkyl halides is 3. The molecule has 3 aromatic carbocycles. The zero-order chi connectivity index (χ0) is 25.4. The van der Waals surface area contributed by atoms with Gasteiger partial charge in [-0.05, 0) is 61.4 Å². The monoisotopic (exact) mass is 480 g/mol. The normalized spacial score (nSPS) is 11.5. The number of anilines is 1. The van der Waals surface area contributed by atoms with Crippen molar-refractivity contribution in [3.8, 4) is 17.6 Å². The molecule has 0 radical (unpaired) electrons. The number of rotatable bonds is 8. The van der Waals surface area contributed by atoms with E-state index in [1.807, 2.05) is 38.1 Å². The summed E-state index contributed by atoms with van der Waals surface area (Å²) in [7, 11) is 0. The van der Waals surface area contributed by atoms with Crippen molar-refractivity contribution in [2.45, 2.75) is 26.6 Å². The third kappa shape index (κ3) is 7.11. The van der Waals surface area contributed by atoms with Crippen LogP contribution >= 0.6 is 0 Å². The second kappa shape index (κ2) is 11.3. The molecular weight excluding hydrogens is 457 g/mol. The third-order valence-corrected chi connectivity index (χ3v) is 4.87. The lowest BCUT2D eigenvalue weighted by molar-refractivity contribution is -0.137. The Kier molecular flexibility index (Phi) is 8.16. The number of hydrogen-bond acceptors (Lipinski definition) is 4. The Morgan fingerprint density at radius 1 is 1.03 bits per heavy atom. The number of nitrogens with zero attached hydrogens (tertiary/aromatic N) is 1. The summed E-state index contributed by atoms with van der Waals surface area (Å²) in [4.78, 5) is 12.5. The number of carbonyl (C=O) groups excluding carboxylic acids is 1. The predicted octanol–water partition coefficient (Wildman–Crippen LogP) is 6.54. The SMILES string of the molecule is CCOc1cc(/C=C(\C#N)C(=O)Nc2cccc(C(F)(F)F)c2)ccc1OCc1cccc(C)c1. The van der Waals surface area contributed by atoms with Gasteiger partial charge in [-0.1, -0.05) is 42.0 Å². The highest BCUT2D eigenvalue weighted by Gasteiger charge is 2.30. The molecule has 0 saturated heterocycles.